The van der Waals surface area contributed by atoms with Crippen LogP contribution in [-0.2, 0) is 67.0 Å². The number of benzene rings is 3. The normalized spacial score (nSPS) is 22.5. The second-order valence-corrected chi connectivity index (χ2v) is 21.2. The van der Waals surface area contributed by atoms with E-state index in [9.17, 15) is 19.2 Å². The maximum absolute atomic E-state index is 12.4. The molecule has 5 rings (SSSR count). The number of thiocarbonyl (C=S) groups is 1. The van der Waals surface area contributed by atoms with Crippen LogP contribution in [0.1, 0.15) is 91.3 Å². The van der Waals surface area contributed by atoms with Crippen LogP contribution in [0, 0.1) is 12.5 Å². The summed E-state index contributed by atoms with van der Waals surface area (Å²) in [6, 6.07) is 24.5. The predicted octanol–water partition coefficient (Wildman–Crippen LogP) is 7.00. The van der Waals surface area contributed by atoms with Crippen LogP contribution >= 0.6 is 20.7 Å². The highest BCUT2D eigenvalue weighted by atomic mass is 32.1. The number of esters is 3. The van der Waals surface area contributed by atoms with Gasteiger partial charge in [-0.15, -0.1) is 0 Å². The van der Waals surface area contributed by atoms with Gasteiger partial charge in [-0.1, -0.05) is 54.6 Å². The van der Waals surface area contributed by atoms with Crippen molar-refractivity contribution in [3.8, 4) is 11.5 Å². The minimum absolute atomic E-state index is 0.0450. The van der Waals surface area contributed by atoms with Crippen LogP contribution in [0.25, 0.3) is 4.85 Å². The van der Waals surface area contributed by atoms with Gasteiger partial charge in [0.25, 0.3) is 8.53 Å². The van der Waals surface area contributed by atoms with Crippen molar-refractivity contribution in [2.24, 2.45) is 5.92 Å². The molecule has 1 saturated heterocycles. The topological polar surface area (TPSA) is 213 Å². The van der Waals surface area contributed by atoms with E-state index in [1.54, 1.807) is 21.3 Å². The summed E-state index contributed by atoms with van der Waals surface area (Å²) in [7, 11) is 3.22. The number of nitrogens with one attached hydrogen (secondary N) is 3. The van der Waals surface area contributed by atoms with Gasteiger partial charge >= 0.3 is 17.9 Å². The van der Waals surface area contributed by atoms with Gasteiger partial charge in [-0.3, -0.25) is 19.2 Å². The molecule has 10 atom stereocenters. The van der Waals surface area contributed by atoms with Crippen LogP contribution in [0.3, 0.4) is 0 Å². The fourth-order valence-corrected chi connectivity index (χ4v) is 11.9. The molecule has 1 aliphatic carbocycles. The Hall–Kier alpha value is -5.53. The van der Waals surface area contributed by atoms with Crippen LogP contribution < -0.4 is 25.4 Å². The first-order valence-electron chi connectivity index (χ1n) is 26.2. The summed E-state index contributed by atoms with van der Waals surface area (Å²) < 4.78 is 69.5. The summed E-state index contributed by atoms with van der Waals surface area (Å²) in [5.74, 6) is -1.38. The van der Waals surface area contributed by atoms with E-state index in [1.807, 2.05) is 66.7 Å². The average molecular weight is 1120 g/mol. The molecule has 1 heterocycles. The van der Waals surface area contributed by atoms with Gasteiger partial charge in [-0.2, -0.15) is 0 Å². The van der Waals surface area contributed by atoms with Crippen LogP contribution in [-0.4, -0.2) is 155 Å². The quantitative estimate of drug-likeness (QED) is 0.0121. The molecule has 428 valence electrons. The molecular weight excluding hydrogens is 1050 g/mol. The molecule has 0 spiro atoms. The summed E-state index contributed by atoms with van der Waals surface area (Å²) in [5, 5.41) is 9.95. The van der Waals surface area contributed by atoms with Crippen LogP contribution in [0.4, 0.5) is 0 Å². The van der Waals surface area contributed by atoms with E-state index >= 15 is 0 Å². The van der Waals surface area contributed by atoms with Gasteiger partial charge in [-0.25, -0.2) is 11.2 Å². The number of hydrogen-bond acceptors (Lipinski definition) is 17. The van der Waals surface area contributed by atoms with Gasteiger partial charge in [0, 0.05) is 66.0 Å². The number of carbonyl (C=O) groups excluding carboxylic acids is 4. The number of hydrogen-bond donors (Lipinski definition) is 3. The summed E-state index contributed by atoms with van der Waals surface area (Å²) in [4.78, 5) is 52.3. The van der Waals surface area contributed by atoms with Crippen molar-refractivity contribution in [3.05, 3.63) is 107 Å². The molecule has 3 aromatic carbocycles. The lowest BCUT2D eigenvalue weighted by atomic mass is 9.79. The summed E-state index contributed by atoms with van der Waals surface area (Å²) in [5.41, 5.74) is 1.54. The van der Waals surface area contributed by atoms with E-state index in [0.29, 0.717) is 42.4 Å². The Kier molecular flexibility index (Phi) is 25.4. The fraction of sp³-hybridized carbons (Fsp3) is 0.571. The SMILES string of the molecule is [C-]#[N+]CCOP(OC1[C@@H](COC(c2ccccc2)(c2ccc(OC)cc2)c2ccc(OC)cc2)C[C@@H](NC(=S)NCCCCO[C@@H]2O[C@H](COC(C)=O)[C@H](OC(C)=O)[C@H](OC(C)=O)[C@H]2NC(C)=O)[C@H]1OC)N(C(C)C)C(C)C. The third-order valence-electron chi connectivity index (χ3n) is 13.1. The minimum atomic E-state index is -1.71. The molecule has 1 aliphatic heterocycles. The first-order valence-corrected chi connectivity index (χ1v) is 27.7. The van der Waals surface area contributed by atoms with Gasteiger partial charge in [-0.05, 0) is 100 Å². The van der Waals surface area contributed by atoms with Crippen molar-refractivity contribution in [1.82, 2.24) is 20.6 Å². The van der Waals surface area contributed by atoms with Crippen LogP contribution in [0.15, 0.2) is 78.9 Å². The number of ether oxygens (including phenoxy) is 9. The second-order valence-electron chi connectivity index (χ2n) is 19.4. The van der Waals surface area contributed by atoms with E-state index in [0.717, 1.165) is 16.7 Å². The smallest absolute Gasteiger partial charge is 0.303 e. The molecule has 0 bridgehead atoms. The lowest BCUT2D eigenvalue weighted by Gasteiger charge is -2.44. The molecular formula is C56H78N5O15PS. The highest BCUT2D eigenvalue weighted by molar-refractivity contribution is 7.80. The van der Waals surface area contributed by atoms with Gasteiger partial charge in [0.15, 0.2) is 23.6 Å². The van der Waals surface area contributed by atoms with E-state index < -0.39 is 80.8 Å². The maximum Gasteiger partial charge on any atom is 0.303 e. The molecule has 22 heteroatoms. The molecule has 1 saturated carbocycles. The molecule has 0 aromatic heterocycles. The third kappa shape index (κ3) is 17.5. The van der Waals surface area contributed by atoms with Crippen LogP contribution in [0.5, 0.6) is 11.5 Å². The molecule has 78 heavy (non-hydrogen) atoms. The third-order valence-corrected chi connectivity index (χ3v) is 15.5. The highest BCUT2D eigenvalue weighted by Gasteiger charge is 2.52. The lowest BCUT2D eigenvalue weighted by Crippen LogP contribution is -2.66. The Labute approximate surface area is 465 Å². The van der Waals surface area contributed by atoms with Crippen molar-refractivity contribution >= 4 is 49.7 Å². The Bertz CT molecular complexity index is 2360. The number of amides is 1. The number of rotatable bonds is 29. The van der Waals surface area contributed by atoms with Crippen molar-refractivity contribution in [2.75, 3.05) is 60.8 Å². The lowest BCUT2D eigenvalue weighted by molar-refractivity contribution is -0.277. The average Bonchev–Trinajstić information content (AvgIpc) is 3.80. The molecule has 2 unspecified atom stereocenters. The zero-order valence-corrected chi connectivity index (χ0v) is 48.3. The van der Waals surface area contributed by atoms with Crippen molar-refractivity contribution in [1.29, 1.82) is 0 Å². The molecule has 20 nitrogen and oxygen atoms in total. The molecule has 2 fully saturated rings. The Morgan fingerprint density at radius 1 is 0.756 bits per heavy atom. The van der Waals surface area contributed by atoms with E-state index in [1.165, 1.54) is 27.7 Å². The van der Waals surface area contributed by atoms with E-state index in [-0.39, 0.29) is 57.0 Å². The number of methoxy groups -OCH3 is 3. The minimum Gasteiger partial charge on any atom is -0.497 e. The van der Waals surface area contributed by atoms with E-state index in [4.69, 9.17) is 70.5 Å². The monoisotopic (exact) mass is 1120 g/mol. The first kappa shape index (κ1) is 63.3. The number of unbranched alkanes of at least 4 members (excludes halogenated alkanes) is 1. The maximum atomic E-state index is 12.4. The molecule has 2 aliphatic rings. The van der Waals surface area contributed by atoms with Gasteiger partial charge in [0.2, 0.25) is 12.5 Å². The second kappa shape index (κ2) is 31.3. The number of carbonyl (C=O) groups is 4. The molecule has 0 radical (unpaired) electrons. The standard InChI is InChI=1S/C56H78N5O15PS/c1-35(2)61(36(3)4)77(72-31-29-57-9)76-50-41(33-71-56(42-18-14-13-15-19-42,43-20-24-45(66-10)25-21-43)44-22-26-46(67-11)27-23-44)32-47(51(50)68-12)60-55(78)58-28-16-17-30-69-54-49(59-37(5)62)53(74-40(8)65)52(73-39(7)64)48(75-54)34-70-38(6)63/h13-15,18-27,35-36,41,47-54H,16-17,28-34H2,1-8,10-12H3,(H,59,62)(H2,58,60,78)/t41-,47-,48-,49-,50?,51-,52+,53-,54-,77?/m1/s1. The summed E-state index contributed by atoms with van der Waals surface area (Å²) >= 11 is 5.94. The Balaban J connectivity index is 1.38. The van der Waals surface area contributed by atoms with Gasteiger partial charge < -0.3 is 72.5 Å². The molecule has 3 aromatic rings. The fourth-order valence-electron chi connectivity index (χ4n) is 9.82. The Morgan fingerprint density at radius 3 is 1.87 bits per heavy atom. The Morgan fingerprint density at radius 2 is 1.35 bits per heavy atom. The highest BCUT2D eigenvalue weighted by Crippen LogP contribution is 2.51. The van der Waals surface area contributed by atoms with Crippen molar-refractivity contribution < 1.29 is 70.9 Å². The zero-order valence-electron chi connectivity index (χ0n) is 46.6. The molecule has 3 N–H and O–H groups in total. The first-order chi connectivity index (χ1) is 37.4. The molecule has 1 amide bonds. The van der Waals surface area contributed by atoms with E-state index in [2.05, 4.69) is 65.3 Å². The summed E-state index contributed by atoms with van der Waals surface area (Å²) in [6.07, 6.45) is -4.26. The van der Waals surface area contributed by atoms with Gasteiger partial charge in [0.1, 0.15) is 48.6 Å². The predicted molar refractivity (Wildman–Crippen MR) is 295 cm³/mol. The number of nitrogens with zero attached hydrogens (tertiary/aromatic N) is 2. The summed E-state index contributed by atoms with van der Waals surface area (Å²) in [6.45, 7) is 21.5. The van der Waals surface area contributed by atoms with Crippen LogP contribution in [0.2, 0.25) is 0 Å². The zero-order chi connectivity index (χ0) is 56.9. The van der Waals surface area contributed by atoms with Crippen molar-refractivity contribution in [2.45, 2.75) is 141 Å². The largest absolute Gasteiger partial charge is 0.497 e. The van der Waals surface area contributed by atoms with Crippen molar-refractivity contribution in [3.63, 3.8) is 0 Å². The van der Waals surface area contributed by atoms with Gasteiger partial charge in [0.05, 0.1) is 33.0 Å².